The summed E-state index contributed by atoms with van der Waals surface area (Å²) in [4.78, 5) is 23.1. The zero-order valence-electron chi connectivity index (χ0n) is 21.4. The number of amides is 1. The van der Waals surface area contributed by atoms with Crippen LogP contribution in [0.2, 0.25) is 0 Å². The second kappa shape index (κ2) is 10.9. The molecule has 198 valence electrons. The Kier molecular flexibility index (Phi) is 6.97. The summed E-state index contributed by atoms with van der Waals surface area (Å²) in [5.41, 5.74) is 4.76. The van der Waals surface area contributed by atoms with Crippen LogP contribution in [0.4, 0.5) is 11.5 Å². The van der Waals surface area contributed by atoms with Crippen molar-refractivity contribution in [3.05, 3.63) is 84.7 Å². The van der Waals surface area contributed by atoms with Crippen molar-refractivity contribution < 1.29 is 9.53 Å². The van der Waals surface area contributed by atoms with Gasteiger partial charge in [-0.2, -0.15) is 10.2 Å². The second-order valence-electron chi connectivity index (χ2n) is 9.46. The summed E-state index contributed by atoms with van der Waals surface area (Å²) in [6, 6.07) is 11.8. The quantitative estimate of drug-likeness (QED) is 0.204. The lowest BCUT2D eigenvalue weighted by Gasteiger charge is -2.31. The number of likely N-dealkylation sites (tertiary alicyclic amines) is 1. The van der Waals surface area contributed by atoms with Gasteiger partial charge in [-0.25, -0.2) is 19.0 Å². The molecule has 0 saturated carbocycles. The highest BCUT2D eigenvalue weighted by atomic mass is 79.9. The van der Waals surface area contributed by atoms with Crippen molar-refractivity contribution in [2.75, 3.05) is 23.7 Å². The molecule has 1 fully saturated rings. The molecule has 1 aliphatic heterocycles. The summed E-state index contributed by atoms with van der Waals surface area (Å²) in [5, 5.41) is 12.7. The van der Waals surface area contributed by atoms with Gasteiger partial charge in [0.15, 0.2) is 11.5 Å². The van der Waals surface area contributed by atoms with E-state index < -0.39 is 0 Å². The predicted molar refractivity (Wildman–Crippen MR) is 152 cm³/mol. The number of aromatic nitrogens is 6. The van der Waals surface area contributed by atoms with Crippen LogP contribution in [-0.4, -0.2) is 58.4 Å². The van der Waals surface area contributed by atoms with Gasteiger partial charge in [0.1, 0.15) is 29.7 Å². The third kappa shape index (κ3) is 5.22. The van der Waals surface area contributed by atoms with E-state index in [-0.39, 0.29) is 5.91 Å². The first-order valence-electron chi connectivity index (χ1n) is 12.8. The van der Waals surface area contributed by atoms with E-state index in [9.17, 15) is 4.79 Å². The molecule has 0 radical (unpaired) electrons. The molecule has 10 nitrogen and oxygen atoms in total. The highest BCUT2D eigenvalue weighted by Gasteiger charge is 2.26. The average molecular weight is 587 g/mol. The Morgan fingerprint density at radius 2 is 1.87 bits per heavy atom. The zero-order valence-corrected chi connectivity index (χ0v) is 23.0. The van der Waals surface area contributed by atoms with E-state index in [2.05, 4.69) is 47.5 Å². The van der Waals surface area contributed by atoms with E-state index in [1.165, 1.54) is 11.9 Å². The Hall–Kier alpha value is -4.25. The normalized spacial score (nSPS) is 14.5. The van der Waals surface area contributed by atoms with Crippen LogP contribution in [0.3, 0.4) is 0 Å². The molecule has 11 heteroatoms. The molecule has 6 rings (SSSR count). The predicted octanol–water partition coefficient (Wildman–Crippen LogP) is 5.27. The summed E-state index contributed by atoms with van der Waals surface area (Å²) < 4.78 is 9.68. The number of benzene rings is 1. The van der Waals surface area contributed by atoms with Crippen LogP contribution in [0.15, 0.2) is 73.6 Å². The molecule has 5 aromatic rings. The number of allylic oxidation sites excluding steroid dienone is 1. The highest BCUT2D eigenvalue weighted by Crippen LogP contribution is 2.35. The topological polar surface area (TPSA) is 102 Å². The van der Waals surface area contributed by atoms with Gasteiger partial charge in [-0.05, 0) is 73.2 Å². The molecule has 0 unspecified atom stereocenters. The lowest BCUT2D eigenvalue weighted by atomic mass is 9.90. The molecule has 1 N–H and O–H groups in total. The lowest BCUT2D eigenvalue weighted by molar-refractivity contribution is -0.127. The van der Waals surface area contributed by atoms with Gasteiger partial charge in [-0.1, -0.05) is 22.0 Å². The van der Waals surface area contributed by atoms with E-state index in [1.54, 1.807) is 16.9 Å². The van der Waals surface area contributed by atoms with E-state index in [1.807, 2.05) is 65.1 Å². The second-order valence-corrected chi connectivity index (χ2v) is 10.1. The number of carbonyl (C=O) groups is 1. The molecule has 1 amide bonds. The SMILES string of the molecule is Cc1cc(Nc2ncnn3ccc(C4CCN(C(=O)C=CCBr)CC4)c23)ccc1Oc1ccn2ncnc2c1. The number of nitrogens with zero attached hydrogens (tertiary/aromatic N) is 7. The summed E-state index contributed by atoms with van der Waals surface area (Å²) in [7, 11) is 0. The molecule has 1 aromatic carbocycles. The molecule has 5 heterocycles. The van der Waals surface area contributed by atoms with Gasteiger partial charge in [-0.3, -0.25) is 4.79 Å². The van der Waals surface area contributed by atoms with Crippen molar-refractivity contribution in [3.63, 3.8) is 0 Å². The minimum absolute atomic E-state index is 0.0715. The number of nitrogens with one attached hydrogen (secondary N) is 1. The third-order valence-corrected chi connectivity index (χ3v) is 7.37. The molecule has 39 heavy (non-hydrogen) atoms. The van der Waals surface area contributed by atoms with Gasteiger partial charge in [0, 0.05) is 42.6 Å². The lowest BCUT2D eigenvalue weighted by Crippen LogP contribution is -2.36. The molecule has 0 bridgehead atoms. The first-order valence-corrected chi connectivity index (χ1v) is 13.9. The Morgan fingerprint density at radius 3 is 2.69 bits per heavy atom. The standard InChI is InChI=1S/C28H27BrN8O2/c1-19-15-21(4-5-24(19)39-22-8-13-36-25(16-22)30-17-32-36)34-28-27-23(9-14-37(27)33-18-31-28)20-6-11-35(12-7-20)26(38)3-2-10-29/h2-5,8-9,13-18,20H,6-7,10-12H2,1H3,(H,31,33,34). The number of piperidine rings is 1. The minimum Gasteiger partial charge on any atom is -0.457 e. The highest BCUT2D eigenvalue weighted by molar-refractivity contribution is 9.09. The zero-order chi connectivity index (χ0) is 26.8. The van der Waals surface area contributed by atoms with Gasteiger partial charge in [0.05, 0.1) is 0 Å². The first kappa shape index (κ1) is 25.1. The van der Waals surface area contributed by atoms with Gasteiger partial charge in [-0.15, -0.1) is 0 Å². The number of fused-ring (bicyclic) bond motifs is 2. The van der Waals surface area contributed by atoms with E-state index in [4.69, 9.17) is 4.74 Å². The Balaban J connectivity index is 1.19. The maximum atomic E-state index is 12.4. The number of rotatable bonds is 7. The number of aryl methyl sites for hydroxylation is 1. The Labute approximate surface area is 233 Å². The number of alkyl halides is 1. The molecule has 4 aromatic heterocycles. The number of anilines is 2. The van der Waals surface area contributed by atoms with Crippen LogP contribution < -0.4 is 10.1 Å². The van der Waals surface area contributed by atoms with Crippen LogP contribution in [0.5, 0.6) is 11.5 Å². The van der Waals surface area contributed by atoms with Crippen molar-refractivity contribution >= 4 is 44.5 Å². The summed E-state index contributed by atoms with van der Waals surface area (Å²) in [6.45, 7) is 3.47. The Morgan fingerprint density at radius 1 is 1.08 bits per heavy atom. The maximum Gasteiger partial charge on any atom is 0.246 e. The fourth-order valence-corrected chi connectivity index (χ4v) is 5.21. The maximum absolute atomic E-state index is 12.4. The molecular formula is C28H27BrN8O2. The number of hydrogen-bond acceptors (Lipinski definition) is 7. The third-order valence-electron chi connectivity index (χ3n) is 7.00. The van der Waals surface area contributed by atoms with Crippen LogP contribution in [0.1, 0.15) is 29.9 Å². The fourth-order valence-electron chi connectivity index (χ4n) is 5.03. The van der Waals surface area contributed by atoms with Crippen LogP contribution in [0.25, 0.3) is 11.2 Å². The number of ether oxygens (including phenoxy) is 1. The van der Waals surface area contributed by atoms with Crippen molar-refractivity contribution in [1.82, 2.24) is 34.1 Å². The van der Waals surface area contributed by atoms with Crippen molar-refractivity contribution in [2.45, 2.75) is 25.7 Å². The first-order chi connectivity index (χ1) is 19.1. The number of carbonyl (C=O) groups excluding carboxylic acids is 1. The summed E-state index contributed by atoms with van der Waals surface area (Å²) in [6.07, 6.45) is 12.1. The van der Waals surface area contributed by atoms with Crippen LogP contribution in [0, 0.1) is 6.92 Å². The molecule has 0 atom stereocenters. The fraction of sp³-hybridized carbons (Fsp3) is 0.250. The van der Waals surface area contributed by atoms with Gasteiger partial charge in [0.25, 0.3) is 0 Å². The Bertz CT molecular complexity index is 1670. The van der Waals surface area contributed by atoms with E-state index in [0.29, 0.717) is 17.0 Å². The largest absolute Gasteiger partial charge is 0.457 e. The number of pyridine rings is 1. The molecule has 1 aliphatic rings. The van der Waals surface area contributed by atoms with Gasteiger partial charge in [0.2, 0.25) is 5.91 Å². The smallest absolute Gasteiger partial charge is 0.246 e. The summed E-state index contributed by atoms with van der Waals surface area (Å²) in [5.74, 6) is 2.59. The summed E-state index contributed by atoms with van der Waals surface area (Å²) >= 11 is 3.33. The number of hydrogen-bond donors (Lipinski definition) is 1. The molecular weight excluding hydrogens is 560 g/mol. The van der Waals surface area contributed by atoms with E-state index >= 15 is 0 Å². The number of halogens is 1. The van der Waals surface area contributed by atoms with Gasteiger partial charge >= 0.3 is 0 Å². The van der Waals surface area contributed by atoms with Gasteiger partial charge < -0.3 is 15.0 Å². The minimum atomic E-state index is 0.0715. The molecule has 1 saturated heterocycles. The average Bonchev–Trinajstić information content (AvgIpc) is 3.61. The molecule has 0 aliphatic carbocycles. The van der Waals surface area contributed by atoms with Crippen LogP contribution >= 0.6 is 15.9 Å². The van der Waals surface area contributed by atoms with Crippen molar-refractivity contribution in [2.24, 2.45) is 0 Å². The van der Waals surface area contributed by atoms with Crippen molar-refractivity contribution in [3.8, 4) is 11.5 Å². The molecule has 0 spiro atoms. The van der Waals surface area contributed by atoms with Crippen LogP contribution in [-0.2, 0) is 4.79 Å². The van der Waals surface area contributed by atoms with E-state index in [0.717, 1.165) is 59.9 Å². The van der Waals surface area contributed by atoms with Crippen molar-refractivity contribution in [1.29, 1.82) is 0 Å². The monoisotopic (exact) mass is 586 g/mol.